The number of amides is 1. The Morgan fingerprint density at radius 1 is 1.00 bits per heavy atom. The Balaban J connectivity index is 2.04. The van der Waals surface area contributed by atoms with Gasteiger partial charge in [-0.15, -0.1) is 0 Å². The van der Waals surface area contributed by atoms with Gasteiger partial charge >= 0.3 is 0 Å². The number of hydrogen-bond donors (Lipinski definition) is 0. The van der Waals surface area contributed by atoms with Gasteiger partial charge in [-0.05, 0) is 50.5 Å². The number of rotatable bonds is 7. The molecule has 1 amide bonds. The lowest BCUT2D eigenvalue weighted by Gasteiger charge is -2.22. The van der Waals surface area contributed by atoms with E-state index in [0.29, 0.717) is 29.3 Å². The van der Waals surface area contributed by atoms with Gasteiger partial charge in [-0.25, -0.2) is 13.4 Å². The molecule has 160 valence electrons. The summed E-state index contributed by atoms with van der Waals surface area (Å²) in [4.78, 5) is 23.7. The average Bonchev–Trinajstić information content (AvgIpc) is 3.10. The highest BCUT2D eigenvalue weighted by atomic mass is 32.2. The number of nitrogens with zero attached hydrogens (tertiary/aromatic N) is 4. The Kier molecular flexibility index (Phi) is 6.44. The Labute approximate surface area is 181 Å². The second-order valence-electron chi connectivity index (χ2n) is 7.57. The molecule has 0 saturated heterocycles. The van der Waals surface area contributed by atoms with Crippen LogP contribution in [0.1, 0.15) is 10.4 Å². The minimum Gasteiger partial charge on any atom is -0.378 e. The van der Waals surface area contributed by atoms with Crippen molar-refractivity contribution in [1.29, 1.82) is 0 Å². The molecule has 1 aromatic heterocycles. The van der Waals surface area contributed by atoms with E-state index in [1.165, 1.54) is 17.6 Å². The van der Waals surface area contributed by atoms with Gasteiger partial charge in [-0.2, -0.15) is 0 Å². The monoisotopic (exact) mass is 446 g/mol. The third-order valence-corrected chi connectivity index (χ3v) is 6.82. The van der Waals surface area contributed by atoms with Crippen LogP contribution in [0.15, 0.2) is 47.4 Å². The zero-order valence-corrected chi connectivity index (χ0v) is 19.4. The summed E-state index contributed by atoms with van der Waals surface area (Å²) < 4.78 is 25.0. The number of thiazole rings is 1. The molecule has 0 radical (unpaired) electrons. The van der Waals surface area contributed by atoms with Crippen molar-refractivity contribution in [3.8, 4) is 0 Å². The molecule has 0 aliphatic rings. The van der Waals surface area contributed by atoms with E-state index in [0.717, 1.165) is 10.4 Å². The standard InChI is InChI=1S/C21H26N4O3S2/c1-23(2)13-14-25(20(26)15-9-11-16(12-10-15)24(3)4)21-22-19-17(29-21)7-6-8-18(19)30(5,27)28/h6-12H,13-14H2,1-5H3. The van der Waals surface area contributed by atoms with E-state index in [1.54, 1.807) is 29.2 Å². The molecule has 3 rings (SSSR count). The summed E-state index contributed by atoms with van der Waals surface area (Å²) in [5.74, 6) is -0.165. The molecule has 2 aromatic carbocycles. The van der Waals surface area contributed by atoms with E-state index in [2.05, 4.69) is 4.98 Å². The van der Waals surface area contributed by atoms with Gasteiger partial charge in [0, 0.05) is 44.7 Å². The van der Waals surface area contributed by atoms with Crippen LogP contribution in [0.5, 0.6) is 0 Å². The quantitative estimate of drug-likeness (QED) is 0.556. The van der Waals surface area contributed by atoms with Gasteiger partial charge in [-0.1, -0.05) is 17.4 Å². The normalized spacial score (nSPS) is 11.8. The number of anilines is 2. The first kappa shape index (κ1) is 22.2. The number of benzene rings is 2. The number of aromatic nitrogens is 1. The van der Waals surface area contributed by atoms with Crippen molar-refractivity contribution in [2.24, 2.45) is 0 Å². The molecule has 0 fully saturated rings. The molecule has 0 N–H and O–H groups in total. The molecule has 0 aliphatic heterocycles. The number of fused-ring (bicyclic) bond motifs is 1. The van der Waals surface area contributed by atoms with Crippen LogP contribution in [0.25, 0.3) is 10.2 Å². The summed E-state index contributed by atoms with van der Waals surface area (Å²) in [6, 6.07) is 12.5. The van der Waals surface area contributed by atoms with E-state index in [4.69, 9.17) is 0 Å². The molecule has 0 saturated carbocycles. The van der Waals surface area contributed by atoms with Gasteiger partial charge < -0.3 is 9.80 Å². The molecule has 9 heteroatoms. The molecule has 3 aromatic rings. The molecular formula is C21H26N4O3S2. The molecule has 7 nitrogen and oxygen atoms in total. The van der Waals surface area contributed by atoms with Gasteiger partial charge in [0.05, 0.1) is 9.60 Å². The van der Waals surface area contributed by atoms with Crippen molar-refractivity contribution in [3.05, 3.63) is 48.0 Å². The first-order valence-corrected chi connectivity index (χ1v) is 12.1. The maximum atomic E-state index is 13.3. The highest BCUT2D eigenvalue weighted by Gasteiger charge is 2.23. The fourth-order valence-electron chi connectivity index (χ4n) is 2.97. The van der Waals surface area contributed by atoms with Crippen molar-refractivity contribution in [3.63, 3.8) is 0 Å². The van der Waals surface area contributed by atoms with E-state index >= 15 is 0 Å². The minimum absolute atomic E-state index is 0.165. The predicted molar refractivity (Wildman–Crippen MR) is 124 cm³/mol. The first-order chi connectivity index (χ1) is 14.1. The molecule has 0 bridgehead atoms. The van der Waals surface area contributed by atoms with Gasteiger partial charge in [0.2, 0.25) is 0 Å². The lowest BCUT2D eigenvalue weighted by atomic mass is 10.1. The van der Waals surface area contributed by atoms with Gasteiger partial charge in [-0.3, -0.25) is 9.69 Å². The summed E-state index contributed by atoms with van der Waals surface area (Å²) >= 11 is 1.32. The van der Waals surface area contributed by atoms with Crippen molar-refractivity contribution in [1.82, 2.24) is 9.88 Å². The van der Waals surface area contributed by atoms with Gasteiger partial charge in [0.1, 0.15) is 5.52 Å². The smallest absolute Gasteiger partial charge is 0.260 e. The van der Waals surface area contributed by atoms with Crippen molar-refractivity contribution < 1.29 is 13.2 Å². The number of sulfone groups is 1. The summed E-state index contributed by atoms with van der Waals surface area (Å²) in [6.45, 7) is 1.09. The van der Waals surface area contributed by atoms with Crippen LogP contribution in [-0.4, -0.2) is 71.7 Å². The van der Waals surface area contributed by atoms with E-state index < -0.39 is 9.84 Å². The number of likely N-dealkylation sites (N-methyl/N-ethyl adjacent to an activating group) is 1. The summed E-state index contributed by atoms with van der Waals surface area (Å²) in [5.41, 5.74) is 1.97. The van der Waals surface area contributed by atoms with Crippen LogP contribution in [-0.2, 0) is 9.84 Å². The fraction of sp³-hybridized carbons (Fsp3) is 0.333. The van der Waals surface area contributed by atoms with Crippen LogP contribution < -0.4 is 9.80 Å². The lowest BCUT2D eigenvalue weighted by molar-refractivity contribution is 0.0985. The molecular weight excluding hydrogens is 420 g/mol. The third-order valence-electron chi connectivity index (χ3n) is 4.65. The number of hydrogen-bond acceptors (Lipinski definition) is 7. The fourth-order valence-corrected chi connectivity index (χ4v) is 4.88. The summed E-state index contributed by atoms with van der Waals surface area (Å²) in [7, 11) is 4.34. The second-order valence-corrected chi connectivity index (χ2v) is 10.6. The molecule has 0 aliphatic carbocycles. The summed E-state index contributed by atoms with van der Waals surface area (Å²) in [6.07, 6.45) is 1.17. The third kappa shape index (κ3) is 4.80. The average molecular weight is 447 g/mol. The van der Waals surface area contributed by atoms with Crippen LogP contribution in [0.3, 0.4) is 0 Å². The highest BCUT2D eigenvalue weighted by molar-refractivity contribution is 7.91. The van der Waals surface area contributed by atoms with Crippen molar-refractivity contribution in [2.75, 3.05) is 57.3 Å². The zero-order valence-electron chi connectivity index (χ0n) is 17.8. The number of carbonyl (C=O) groups is 1. The predicted octanol–water partition coefficient (Wildman–Crippen LogP) is 2.97. The molecule has 0 atom stereocenters. The van der Waals surface area contributed by atoms with E-state index in [9.17, 15) is 13.2 Å². The van der Waals surface area contributed by atoms with Crippen molar-refractivity contribution in [2.45, 2.75) is 4.90 Å². The first-order valence-electron chi connectivity index (χ1n) is 9.41. The Morgan fingerprint density at radius 2 is 1.67 bits per heavy atom. The van der Waals surface area contributed by atoms with Crippen LogP contribution in [0.2, 0.25) is 0 Å². The van der Waals surface area contributed by atoms with Crippen LogP contribution in [0.4, 0.5) is 10.8 Å². The maximum absolute atomic E-state index is 13.3. The van der Waals surface area contributed by atoms with Crippen LogP contribution >= 0.6 is 11.3 Å². The second kappa shape index (κ2) is 8.71. The van der Waals surface area contributed by atoms with E-state index in [1.807, 2.05) is 56.2 Å². The number of carbonyl (C=O) groups excluding carboxylic acids is 1. The summed E-state index contributed by atoms with van der Waals surface area (Å²) in [5, 5.41) is 0.490. The SMILES string of the molecule is CN(C)CCN(C(=O)c1ccc(N(C)C)cc1)c1nc2c(S(C)(=O)=O)cccc2s1. The molecule has 0 unspecified atom stereocenters. The number of para-hydroxylation sites is 1. The van der Waals surface area contributed by atoms with Crippen LogP contribution in [0, 0.1) is 0 Å². The lowest BCUT2D eigenvalue weighted by Crippen LogP contribution is -2.36. The highest BCUT2D eigenvalue weighted by Crippen LogP contribution is 2.33. The topological polar surface area (TPSA) is 73.8 Å². The van der Waals surface area contributed by atoms with Gasteiger partial charge in [0.25, 0.3) is 5.91 Å². The molecule has 30 heavy (non-hydrogen) atoms. The van der Waals surface area contributed by atoms with E-state index in [-0.39, 0.29) is 10.8 Å². The molecule has 0 spiro atoms. The largest absolute Gasteiger partial charge is 0.378 e. The zero-order chi connectivity index (χ0) is 22.1. The Bertz CT molecular complexity index is 1150. The Hall–Kier alpha value is -2.49. The molecule has 1 heterocycles. The maximum Gasteiger partial charge on any atom is 0.260 e. The van der Waals surface area contributed by atoms with Crippen molar-refractivity contribution >= 4 is 48.1 Å². The van der Waals surface area contributed by atoms with Gasteiger partial charge in [0.15, 0.2) is 15.0 Å². The Morgan fingerprint density at radius 3 is 2.23 bits per heavy atom. The minimum atomic E-state index is -3.43.